The van der Waals surface area contributed by atoms with Crippen LogP contribution in [0.1, 0.15) is 6.42 Å². The highest BCUT2D eigenvalue weighted by atomic mass is 79.9. The normalized spacial score (nSPS) is 10.1. The van der Waals surface area contributed by atoms with E-state index in [0.717, 1.165) is 12.1 Å². The first-order valence-corrected chi connectivity index (χ1v) is 5.96. The predicted molar refractivity (Wildman–Crippen MR) is 61.1 cm³/mol. The molecule has 1 amide bonds. The molecule has 0 aliphatic heterocycles. The number of amides is 1. The standard InChI is InChI=1S/C9H7Br2F2NO/c10-2-1-8(15)14-9-6(12)3-5(11)4-7(9)13/h3-4H,1-2H2,(H,14,15). The van der Waals surface area contributed by atoms with Crippen molar-refractivity contribution >= 4 is 43.5 Å². The van der Waals surface area contributed by atoms with Gasteiger partial charge in [-0.3, -0.25) is 4.79 Å². The van der Waals surface area contributed by atoms with Crippen molar-refractivity contribution in [2.45, 2.75) is 6.42 Å². The van der Waals surface area contributed by atoms with E-state index in [0.29, 0.717) is 5.33 Å². The lowest BCUT2D eigenvalue weighted by Crippen LogP contribution is -2.14. The van der Waals surface area contributed by atoms with E-state index < -0.39 is 23.2 Å². The van der Waals surface area contributed by atoms with Crippen molar-refractivity contribution in [1.29, 1.82) is 0 Å². The van der Waals surface area contributed by atoms with E-state index >= 15 is 0 Å². The Morgan fingerprint density at radius 2 is 1.87 bits per heavy atom. The summed E-state index contributed by atoms with van der Waals surface area (Å²) in [5, 5.41) is 2.61. The maximum Gasteiger partial charge on any atom is 0.225 e. The van der Waals surface area contributed by atoms with E-state index in [1.165, 1.54) is 0 Å². The second kappa shape index (κ2) is 5.55. The number of carbonyl (C=O) groups excluding carboxylic acids is 1. The Balaban J connectivity index is 2.90. The summed E-state index contributed by atoms with van der Waals surface area (Å²) in [6, 6.07) is 2.18. The number of halogens is 4. The third kappa shape index (κ3) is 3.53. The van der Waals surface area contributed by atoms with Crippen LogP contribution < -0.4 is 5.32 Å². The lowest BCUT2D eigenvalue weighted by molar-refractivity contribution is -0.115. The van der Waals surface area contributed by atoms with E-state index in [9.17, 15) is 13.6 Å². The monoisotopic (exact) mass is 341 g/mol. The van der Waals surface area contributed by atoms with Gasteiger partial charge < -0.3 is 5.32 Å². The second-order valence-electron chi connectivity index (χ2n) is 2.73. The fourth-order valence-corrected chi connectivity index (χ4v) is 1.71. The van der Waals surface area contributed by atoms with Crippen LogP contribution in [0.2, 0.25) is 0 Å². The summed E-state index contributed by atoms with van der Waals surface area (Å²) in [6.07, 6.45) is 0.162. The molecular formula is C9H7Br2F2NO. The van der Waals surface area contributed by atoms with Crippen molar-refractivity contribution in [1.82, 2.24) is 0 Å². The lowest BCUT2D eigenvalue weighted by Gasteiger charge is -2.07. The van der Waals surface area contributed by atoms with Crippen LogP contribution in [0.5, 0.6) is 0 Å². The molecular weight excluding hydrogens is 336 g/mol. The van der Waals surface area contributed by atoms with Crippen molar-refractivity contribution in [3.8, 4) is 0 Å². The molecule has 1 rings (SSSR count). The van der Waals surface area contributed by atoms with Crippen molar-refractivity contribution < 1.29 is 13.6 Å². The Hall–Kier alpha value is -0.490. The van der Waals surface area contributed by atoms with E-state index in [1.807, 2.05) is 0 Å². The minimum atomic E-state index is -0.801. The predicted octanol–water partition coefficient (Wildman–Crippen LogP) is 3.45. The molecule has 2 nitrogen and oxygen atoms in total. The summed E-state index contributed by atoms with van der Waals surface area (Å²) in [4.78, 5) is 11.1. The topological polar surface area (TPSA) is 29.1 Å². The summed E-state index contributed by atoms with van der Waals surface area (Å²) in [7, 11) is 0. The molecule has 1 N–H and O–H groups in total. The molecule has 1 aromatic rings. The zero-order valence-electron chi connectivity index (χ0n) is 7.49. The summed E-state index contributed by atoms with van der Waals surface area (Å²) in [5.74, 6) is -2.04. The van der Waals surface area contributed by atoms with Crippen molar-refractivity contribution in [3.63, 3.8) is 0 Å². The van der Waals surface area contributed by atoms with Gasteiger partial charge in [-0.15, -0.1) is 0 Å². The number of hydrogen-bond acceptors (Lipinski definition) is 1. The molecule has 6 heteroatoms. The smallest absolute Gasteiger partial charge is 0.225 e. The summed E-state index contributed by atoms with van der Waals surface area (Å²) < 4.78 is 26.7. The average molecular weight is 343 g/mol. The van der Waals surface area contributed by atoms with Gasteiger partial charge in [0.05, 0.1) is 0 Å². The largest absolute Gasteiger partial charge is 0.321 e. The molecule has 0 unspecified atom stereocenters. The average Bonchev–Trinajstić information content (AvgIpc) is 2.11. The van der Waals surface area contributed by atoms with Crippen LogP contribution in [0.15, 0.2) is 16.6 Å². The van der Waals surface area contributed by atoms with Gasteiger partial charge in [-0.25, -0.2) is 8.78 Å². The summed E-state index contributed by atoms with van der Waals surface area (Å²) in [6.45, 7) is 0. The Morgan fingerprint density at radius 1 is 1.33 bits per heavy atom. The van der Waals surface area contributed by atoms with Crippen LogP contribution in [-0.4, -0.2) is 11.2 Å². The molecule has 1 aromatic carbocycles. The van der Waals surface area contributed by atoms with Crippen molar-refractivity contribution in [3.05, 3.63) is 28.2 Å². The van der Waals surface area contributed by atoms with E-state index in [4.69, 9.17) is 0 Å². The molecule has 0 aliphatic rings. The van der Waals surface area contributed by atoms with Gasteiger partial charge in [0.1, 0.15) is 5.69 Å². The minimum Gasteiger partial charge on any atom is -0.321 e. The minimum absolute atomic E-state index is 0.162. The van der Waals surface area contributed by atoms with Crippen molar-refractivity contribution in [2.24, 2.45) is 0 Å². The number of anilines is 1. The fraction of sp³-hybridized carbons (Fsp3) is 0.222. The first-order chi connectivity index (χ1) is 7.04. The molecule has 0 saturated heterocycles. The van der Waals surface area contributed by atoms with Crippen LogP contribution in [0.4, 0.5) is 14.5 Å². The molecule has 0 spiro atoms. The van der Waals surface area contributed by atoms with Gasteiger partial charge in [0.2, 0.25) is 5.91 Å². The Morgan fingerprint density at radius 3 is 2.33 bits per heavy atom. The summed E-state index contributed by atoms with van der Waals surface area (Å²) >= 11 is 6.00. The van der Waals surface area contributed by atoms with Crippen LogP contribution >= 0.6 is 31.9 Å². The zero-order valence-corrected chi connectivity index (χ0v) is 10.7. The molecule has 0 atom stereocenters. The zero-order chi connectivity index (χ0) is 11.4. The van der Waals surface area contributed by atoms with Crippen molar-refractivity contribution in [2.75, 3.05) is 10.6 Å². The van der Waals surface area contributed by atoms with Gasteiger partial charge in [-0.1, -0.05) is 31.9 Å². The first kappa shape index (κ1) is 12.6. The Bertz CT molecular complexity index is 361. The van der Waals surface area contributed by atoms with Gasteiger partial charge >= 0.3 is 0 Å². The van der Waals surface area contributed by atoms with Gasteiger partial charge in [-0.2, -0.15) is 0 Å². The summed E-state index contributed by atoms with van der Waals surface area (Å²) in [5.41, 5.74) is -0.413. The lowest BCUT2D eigenvalue weighted by atomic mass is 10.3. The third-order valence-corrected chi connectivity index (χ3v) is 2.45. The van der Waals surface area contributed by atoms with Gasteiger partial charge in [-0.05, 0) is 12.1 Å². The van der Waals surface area contributed by atoms with E-state index in [1.54, 1.807) is 0 Å². The molecule has 0 aliphatic carbocycles. The highest BCUT2D eigenvalue weighted by Crippen LogP contribution is 2.23. The molecule has 0 heterocycles. The number of hydrogen-bond donors (Lipinski definition) is 1. The van der Waals surface area contributed by atoms with Crippen LogP contribution in [0.3, 0.4) is 0 Å². The number of alkyl halides is 1. The number of nitrogens with one attached hydrogen (secondary N) is 1. The first-order valence-electron chi connectivity index (χ1n) is 4.05. The maximum atomic E-state index is 13.2. The van der Waals surface area contributed by atoms with E-state index in [-0.39, 0.29) is 10.9 Å². The molecule has 0 radical (unpaired) electrons. The van der Waals surface area contributed by atoms with Crippen LogP contribution in [0.25, 0.3) is 0 Å². The fourth-order valence-electron chi connectivity index (χ4n) is 0.949. The molecule has 15 heavy (non-hydrogen) atoms. The van der Waals surface area contributed by atoms with Gasteiger partial charge in [0.25, 0.3) is 0 Å². The van der Waals surface area contributed by atoms with Gasteiger partial charge in [0.15, 0.2) is 11.6 Å². The molecule has 0 fully saturated rings. The number of carbonyl (C=O) groups is 1. The molecule has 0 aromatic heterocycles. The number of benzene rings is 1. The van der Waals surface area contributed by atoms with E-state index in [2.05, 4.69) is 37.2 Å². The van der Waals surface area contributed by atoms with Crippen LogP contribution in [0, 0.1) is 11.6 Å². The molecule has 82 valence electrons. The quantitative estimate of drug-likeness (QED) is 0.837. The SMILES string of the molecule is O=C(CCBr)Nc1c(F)cc(Br)cc1F. The van der Waals surface area contributed by atoms with Gasteiger partial charge in [0, 0.05) is 16.2 Å². The molecule has 0 saturated carbocycles. The Labute approximate surface area is 102 Å². The highest BCUT2D eigenvalue weighted by Gasteiger charge is 2.12. The maximum absolute atomic E-state index is 13.2. The second-order valence-corrected chi connectivity index (χ2v) is 4.44. The molecule has 0 bridgehead atoms. The highest BCUT2D eigenvalue weighted by molar-refractivity contribution is 9.10. The van der Waals surface area contributed by atoms with Crippen LogP contribution in [-0.2, 0) is 4.79 Å². The number of rotatable bonds is 3. The third-order valence-electron chi connectivity index (χ3n) is 1.59. The Kier molecular flexibility index (Phi) is 4.66.